The SMILES string of the molecule is Cc1cccc([C@H]2CCCN(C(=O)NCCc3nccs3)C2)c1. The number of aromatic nitrogens is 1. The first-order valence-corrected chi connectivity index (χ1v) is 9.08. The summed E-state index contributed by atoms with van der Waals surface area (Å²) in [4.78, 5) is 18.6. The molecule has 1 saturated heterocycles. The summed E-state index contributed by atoms with van der Waals surface area (Å²) < 4.78 is 0. The standard InChI is InChI=1S/C18H23N3OS/c1-14-4-2-5-15(12-14)16-6-3-10-21(13-16)18(22)20-8-7-17-19-9-11-23-17/h2,4-5,9,11-12,16H,3,6-8,10,13H2,1H3,(H,20,22)/t16-/m0/s1. The van der Waals surface area contributed by atoms with Crippen molar-refractivity contribution in [2.45, 2.75) is 32.1 Å². The third-order valence-corrected chi connectivity index (χ3v) is 5.16. The van der Waals surface area contributed by atoms with Crippen molar-refractivity contribution < 1.29 is 4.79 Å². The maximum absolute atomic E-state index is 12.4. The Balaban J connectivity index is 1.52. The summed E-state index contributed by atoms with van der Waals surface area (Å²) in [5.41, 5.74) is 2.64. The number of likely N-dealkylation sites (tertiary alicyclic amines) is 1. The molecule has 23 heavy (non-hydrogen) atoms. The highest BCUT2D eigenvalue weighted by atomic mass is 32.1. The van der Waals surface area contributed by atoms with Crippen LogP contribution in [0.15, 0.2) is 35.8 Å². The van der Waals surface area contributed by atoms with Gasteiger partial charge in [0.25, 0.3) is 0 Å². The van der Waals surface area contributed by atoms with E-state index in [4.69, 9.17) is 0 Å². The van der Waals surface area contributed by atoms with E-state index in [0.29, 0.717) is 12.5 Å². The lowest BCUT2D eigenvalue weighted by atomic mass is 9.90. The molecule has 0 aliphatic carbocycles. The molecule has 1 atom stereocenters. The van der Waals surface area contributed by atoms with E-state index in [1.807, 2.05) is 10.3 Å². The van der Waals surface area contributed by atoms with Crippen molar-refractivity contribution in [1.29, 1.82) is 0 Å². The number of nitrogens with one attached hydrogen (secondary N) is 1. The molecule has 122 valence electrons. The van der Waals surface area contributed by atoms with Crippen LogP contribution < -0.4 is 5.32 Å². The lowest BCUT2D eigenvalue weighted by molar-refractivity contribution is 0.180. The molecule has 0 bridgehead atoms. The van der Waals surface area contributed by atoms with E-state index in [-0.39, 0.29) is 6.03 Å². The molecule has 1 aromatic carbocycles. The number of piperidine rings is 1. The van der Waals surface area contributed by atoms with Crippen molar-refractivity contribution in [3.63, 3.8) is 0 Å². The summed E-state index contributed by atoms with van der Waals surface area (Å²) in [6.45, 7) is 4.44. The zero-order valence-electron chi connectivity index (χ0n) is 13.5. The van der Waals surface area contributed by atoms with Crippen LogP contribution in [0.25, 0.3) is 0 Å². The summed E-state index contributed by atoms with van der Waals surface area (Å²) in [5, 5.41) is 6.07. The molecular formula is C18H23N3OS. The zero-order valence-corrected chi connectivity index (χ0v) is 14.3. The number of hydrogen-bond donors (Lipinski definition) is 1. The number of thiazole rings is 1. The Kier molecular flexibility index (Phi) is 5.28. The summed E-state index contributed by atoms with van der Waals surface area (Å²) in [5.74, 6) is 0.452. The Morgan fingerprint density at radius 2 is 2.39 bits per heavy atom. The average molecular weight is 329 g/mol. The Morgan fingerprint density at radius 3 is 3.17 bits per heavy atom. The van der Waals surface area contributed by atoms with Gasteiger partial charge in [-0.1, -0.05) is 29.8 Å². The molecule has 1 aliphatic rings. The van der Waals surface area contributed by atoms with Gasteiger partial charge in [-0.25, -0.2) is 9.78 Å². The molecule has 1 aliphatic heterocycles. The van der Waals surface area contributed by atoms with E-state index < -0.39 is 0 Å². The van der Waals surface area contributed by atoms with Gasteiger partial charge < -0.3 is 10.2 Å². The fraction of sp³-hybridized carbons (Fsp3) is 0.444. The lowest BCUT2D eigenvalue weighted by Gasteiger charge is -2.33. The van der Waals surface area contributed by atoms with Gasteiger partial charge in [-0.05, 0) is 25.3 Å². The van der Waals surface area contributed by atoms with Crippen LogP contribution in [0.2, 0.25) is 0 Å². The van der Waals surface area contributed by atoms with Crippen molar-refractivity contribution >= 4 is 17.4 Å². The first-order chi connectivity index (χ1) is 11.2. The van der Waals surface area contributed by atoms with Crippen LogP contribution in [-0.4, -0.2) is 35.5 Å². The monoisotopic (exact) mass is 329 g/mol. The van der Waals surface area contributed by atoms with Crippen LogP contribution >= 0.6 is 11.3 Å². The third-order valence-electron chi connectivity index (χ3n) is 4.32. The van der Waals surface area contributed by atoms with E-state index in [1.165, 1.54) is 11.1 Å². The van der Waals surface area contributed by atoms with Crippen LogP contribution in [0.4, 0.5) is 4.79 Å². The first kappa shape index (κ1) is 16.0. The van der Waals surface area contributed by atoms with Crippen LogP contribution in [0.1, 0.15) is 34.9 Å². The highest BCUT2D eigenvalue weighted by molar-refractivity contribution is 7.09. The van der Waals surface area contributed by atoms with Gasteiger partial charge in [0.05, 0.1) is 5.01 Å². The van der Waals surface area contributed by atoms with Gasteiger partial charge in [0, 0.05) is 43.5 Å². The quantitative estimate of drug-likeness (QED) is 0.932. The molecule has 2 amide bonds. The maximum atomic E-state index is 12.4. The van der Waals surface area contributed by atoms with E-state index in [9.17, 15) is 4.79 Å². The number of rotatable bonds is 4. The number of carbonyl (C=O) groups is 1. The number of amides is 2. The Labute approximate surface area is 141 Å². The molecule has 4 nitrogen and oxygen atoms in total. The fourth-order valence-corrected chi connectivity index (χ4v) is 3.74. The molecule has 3 rings (SSSR count). The normalized spacial score (nSPS) is 18.0. The molecule has 0 unspecified atom stereocenters. The third kappa shape index (κ3) is 4.32. The summed E-state index contributed by atoms with van der Waals surface area (Å²) in [6, 6.07) is 8.71. The summed E-state index contributed by atoms with van der Waals surface area (Å²) in [6.07, 6.45) is 4.84. The minimum Gasteiger partial charge on any atom is -0.338 e. The van der Waals surface area contributed by atoms with Crippen molar-refractivity contribution in [3.05, 3.63) is 52.0 Å². The van der Waals surface area contributed by atoms with Crippen molar-refractivity contribution in [2.75, 3.05) is 19.6 Å². The van der Waals surface area contributed by atoms with Crippen molar-refractivity contribution in [2.24, 2.45) is 0 Å². The Hall–Kier alpha value is -1.88. The number of aryl methyl sites for hydroxylation is 1. The minimum absolute atomic E-state index is 0.0545. The largest absolute Gasteiger partial charge is 0.338 e. The molecule has 5 heteroatoms. The second-order valence-electron chi connectivity index (χ2n) is 6.11. The van der Waals surface area contributed by atoms with Gasteiger partial charge in [-0.3, -0.25) is 0 Å². The summed E-state index contributed by atoms with van der Waals surface area (Å²) in [7, 11) is 0. The zero-order chi connectivity index (χ0) is 16.1. The lowest BCUT2D eigenvalue weighted by Crippen LogP contribution is -2.45. The van der Waals surface area contributed by atoms with E-state index in [0.717, 1.165) is 37.4 Å². The van der Waals surface area contributed by atoms with Gasteiger partial charge in [-0.15, -0.1) is 11.3 Å². The number of nitrogens with zero attached hydrogens (tertiary/aromatic N) is 2. The van der Waals surface area contributed by atoms with Gasteiger partial charge >= 0.3 is 6.03 Å². The molecule has 0 spiro atoms. The molecule has 0 radical (unpaired) electrons. The second kappa shape index (κ2) is 7.59. The number of hydrogen-bond acceptors (Lipinski definition) is 3. The molecule has 0 saturated carbocycles. The highest BCUT2D eigenvalue weighted by Crippen LogP contribution is 2.27. The maximum Gasteiger partial charge on any atom is 0.317 e. The Bertz CT molecular complexity index is 641. The molecule has 1 N–H and O–H groups in total. The van der Waals surface area contributed by atoms with Crippen LogP contribution in [0.5, 0.6) is 0 Å². The van der Waals surface area contributed by atoms with E-state index >= 15 is 0 Å². The molecule has 2 heterocycles. The number of urea groups is 1. The van der Waals surface area contributed by atoms with Crippen molar-refractivity contribution in [3.8, 4) is 0 Å². The molecule has 2 aromatic rings. The number of carbonyl (C=O) groups excluding carboxylic acids is 1. The van der Waals surface area contributed by atoms with Gasteiger partial charge in [0.1, 0.15) is 0 Å². The second-order valence-corrected chi connectivity index (χ2v) is 7.09. The van der Waals surface area contributed by atoms with Crippen LogP contribution in [0, 0.1) is 6.92 Å². The predicted molar refractivity (Wildman–Crippen MR) is 93.9 cm³/mol. The molecule has 1 aromatic heterocycles. The van der Waals surface area contributed by atoms with Crippen molar-refractivity contribution in [1.82, 2.24) is 15.2 Å². The highest BCUT2D eigenvalue weighted by Gasteiger charge is 2.24. The van der Waals surface area contributed by atoms with Crippen LogP contribution in [-0.2, 0) is 6.42 Å². The summed E-state index contributed by atoms with van der Waals surface area (Å²) >= 11 is 1.63. The Morgan fingerprint density at radius 1 is 1.48 bits per heavy atom. The minimum atomic E-state index is 0.0545. The fourth-order valence-electron chi connectivity index (χ4n) is 3.12. The topological polar surface area (TPSA) is 45.2 Å². The molecule has 1 fully saturated rings. The predicted octanol–water partition coefficient (Wildman–Crippen LogP) is 3.58. The average Bonchev–Trinajstić information content (AvgIpc) is 3.08. The van der Waals surface area contributed by atoms with Gasteiger partial charge in [0.15, 0.2) is 0 Å². The number of benzene rings is 1. The van der Waals surface area contributed by atoms with Crippen LogP contribution in [0.3, 0.4) is 0 Å². The van der Waals surface area contributed by atoms with Gasteiger partial charge in [0.2, 0.25) is 0 Å². The van der Waals surface area contributed by atoms with E-state index in [2.05, 4.69) is 41.5 Å². The first-order valence-electron chi connectivity index (χ1n) is 8.20. The smallest absolute Gasteiger partial charge is 0.317 e. The van der Waals surface area contributed by atoms with E-state index in [1.54, 1.807) is 17.5 Å². The molecular weight excluding hydrogens is 306 g/mol. The van der Waals surface area contributed by atoms with Gasteiger partial charge in [-0.2, -0.15) is 0 Å².